The Bertz CT molecular complexity index is 1590. The second kappa shape index (κ2) is 11.9. The van der Waals surface area contributed by atoms with Gasteiger partial charge in [0.05, 0.1) is 17.6 Å². The number of hydroxylamine groups is 1. The summed E-state index contributed by atoms with van der Waals surface area (Å²) in [7, 11) is -0.587. The predicted octanol–water partition coefficient (Wildman–Crippen LogP) is 4.43. The number of hydrogen-bond donors (Lipinski definition) is 5. The van der Waals surface area contributed by atoms with Crippen molar-refractivity contribution in [2.45, 2.75) is 84.0 Å². The van der Waals surface area contributed by atoms with Crippen LogP contribution in [0.1, 0.15) is 80.2 Å². The van der Waals surface area contributed by atoms with E-state index in [2.05, 4.69) is 50.2 Å². The van der Waals surface area contributed by atoms with Gasteiger partial charge in [0.15, 0.2) is 0 Å². The lowest BCUT2D eigenvalue weighted by Crippen LogP contribution is -2.63. The second-order valence-corrected chi connectivity index (χ2v) is 14.3. The Morgan fingerprint density at radius 1 is 1.02 bits per heavy atom. The molecule has 3 aromatic rings. The first-order chi connectivity index (χ1) is 21.4. The zero-order chi connectivity index (χ0) is 32.1. The second-order valence-electron chi connectivity index (χ2n) is 14.3. The van der Waals surface area contributed by atoms with E-state index in [1.54, 1.807) is 5.48 Å². The number of carbonyl (C=O) groups is 3. The molecule has 1 aliphatic heterocycles. The molecular weight excluding hydrogens is 571 g/mol. The molecule has 2 bridgehead atoms. The summed E-state index contributed by atoms with van der Waals surface area (Å²) in [6.45, 7) is 11.0. The fourth-order valence-electron chi connectivity index (χ4n) is 7.75. The molecule has 3 aliphatic carbocycles. The van der Waals surface area contributed by atoms with Crippen LogP contribution in [0.3, 0.4) is 0 Å². The highest BCUT2D eigenvalue weighted by molar-refractivity contribution is 6.48. The molecule has 4 aliphatic rings. The standard InChI is InChI=1S/C34H43BN4O6/c1-19(2)14-28(35-44-29-25-16-23(33(25,3)4)17-34(29,5)45-35)38-32(42)27(15-22-18-36-26-9-7-6-8-24(22)26)37-30(40)20-10-12-21(13-11-20)31(41)39-43/h6-13,18-19,23,25,27-29,36,43H,14-17H2,1-5H3,(H,37,40)(H,38,42)(H,39,41)/t23-,25+,27+,28+,29-,34+/m1/s1. The van der Waals surface area contributed by atoms with Gasteiger partial charge in [0.2, 0.25) is 5.91 Å². The van der Waals surface area contributed by atoms with E-state index >= 15 is 0 Å². The summed E-state index contributed by atoms with van der Waals surface area (Å²) in [6, 6.07) is 12.8. The Balaban J connectivity index is 1.24. The summed E-state index contributed by atoms with van der Waals surface area (Å²) in [5, 5.41) is 16.0. The van der Waals surface area contributed by atoms with Gasteiger partial charge in [-0.15, -0.1) is 0 Å². The number of hydrogen-bond acceptors (Lipinski definition) is 6. The van der Waals surface area contributed by atoms with Crippen molar-refractivity contribution in [3.8, 4) is 0 Å². The Hall–Kier alpha value is -3.67. The van der Waals surface area contributed by atoms with Gasteiger partial charge < -0.3 is 24.9 Å². The number of H-pyrrole nitrogens is 1. The van der Waals surface area contributed by atoms with Crippen LogP contribution in [0.5, 0.6) is 0 Å². The van der Waals surface area contributed by atoms with Crippen LogP contribution < -0.4 is 16.1 Å². The van der Waals surface area contributed by atoms with E-state index in [9.17, 15) is 14.4 Å². The third-order valence-corrected chi connectivity index (χ3v) is 10.4. The fraction of sp³-hybridized carbons (Fsp3) is 0.500. The summed E-state index contributed by atoms with van der Waals surface area (Å²) in [6.07, 6.45) is 4.84. The summed E-state index contributed by atoms with van der Waals surface area (Å²) < 4.78 is 13.3. The van der Waals surface area contributed by atoms with Crippen LogP contribution in [0.2, 0.25) is 0 Å². The van der Waals surface area contributed by atoms with Gasteiger partial charge in [-0.3, -0.25) is 19.6 Å². The molecule has 2 heterocycles. The van der Waals surface area contributed by atoms with Crippen LogP contribution in [0.15, 0.2) is 54.7 Å². The highest BCUT2D eigenvalue weighted by Crippen LogP contribution is 2.64. The van der Waals surface area contributed by atoms with Crippen molar-refractivity contribution in [1.82, 2.24) is 21.1 Å². The SMILES string of the molecule is CC(C)C[C@H](NC(=O)[C@H](Cc1c[nH]c2ccccc12)NC(=O)c1ccc(C(=O)NO)cc1)B1O[C@@H]2[C@@H]3C[C@H](C[C@]2(C)O1)C3(C)C. The number of amides is 3. The Morgan fingerprint density at radius 3 is 2.38 bits per heavy atom. The van der Waals surface area contributed by atoms with Gasteiger partial charge >= 0.3 is 7.12 Å². The van der Waals surface area contributed by atoms with Crippen LogP contribution >= 0.6 is 0 Å². The molecule has 0 radical (unpaired) electrons. The Kier molecular flexibility index (Phi) is 8.30. The molecule has 11 heteroatoms. The van der Waals surface area contributed by atoms with Crippen molar-refractivity contribution in [1.29, 1.82) is 0 Å². The maximum absolute atomic E-state index is 14.1. The van der Waals surface area contributed by atoms with Gasteiger partial charge in [-0.2, -0.15) is 0 Å². The average Bonchev–Trinajstić information content (AvgIpc) is 3.60. The molecule has 3 amide bonds. The number of carbonyl (C=O) groups excluding carboxylic acids is 3. The summed E-state index contributed by atoms with van der Waals surface area (Å²) in [5.41, 5.74) is 3.73. The van der Waals surface area contributed by atoms with Crippen LogP contribution in [0.4, 0.5) is 0 Å². The number of rotatable bonds is 10. The molecule has 6 atom stereocenters. The Labute approximate surface area is 264 Å². The van der Waals surface area contributed by atoms with Crippen LogP contribution in [0.25, 0.3) is 10.9 Å². The first-order valence-corrected chi connectivity index (χ1v) is 15.9. The molecule has 7 rings (SSSR count). The van der Waals surface area contributed by atoms with Gasteiger partial charge in [0.1, 0.15) is 6.04 Å². The zero-order valence-corrected chi connectivity index (χ0v) is 26.6. The number of para-hydroxylation sites is 1. The fourth-order valence-corrected chi connectivity index (χ4v) is 7.75. The highest BCUT2D eigenvalue weighted by Gasteiger charge is 2.67. The largest absolute Gasteiger partial charge is 0.481 e. The zero-order valence-electron chi connectivity index (χ0n) is 26.6. The molecule has 45 heavy (non-hydrogen) atoms. The van der Waals surface area contributed by atoms with Gasteiger partial charge in [-0.25, -0.2) is 5.48 Å². The quantitative estimate of drug-likeness (QED) is 0.130. The maximum atomic E-state index is 14.1. The van der Waals surface area contributed by atoms with E-state index in [0.717, 1.165) is 29.3 Å². The molecule has 1 aromatic heterocycles. The average molecular weight is 615 g/mol. The number of nitrogens with one attached hydrogen (secondary N) is 4. The predicted molar refractivity (Wildman–Crippen MR) is 170 cm³/mol. The molecule has 238 valence electrons. The molecule has 0 spiro atoms. The van der Waals surface area contributed by atoms with Gasteiger partial charge in [-0.05, 0) is 85.3 Å². The molecular formula is C34H43BN4O6. The monoisotopic (exact) mass is 614 g/mol. The minimum absolute atomic E-state index is 0.0216. The van der Waals surface area contributed by atoms with Crippen molar-refractivity contribution in [3.05, 3.63) is 71.4 Å². The van der Waals surface area contributed by atoms with Crippen molar-refractivity contribution in [2.24, 2.45) is 23.2 Å². The van der Waals surface area contributed by atoms with Crippen LogP contribution in [-0.2, 0) is 20.5 Å². The van der Waals surface area contributed by atoms with E-state index < -0.39 is 30.9 Å². The van der Waals surface area contributed by atoms with E-state index in [1.807, 2.05) is 30.5 Å². The summed E-state index contributed by atoms with van der Waals surface area (Å²) >= 11 is 0. The van der Waals surface area contributed by atoms with E-state index in [1.165, 1.54) is 24.3 Å². The molecule has 0 unspecified atom stereocenters. The van der Waals surface area contributed by atoms with Crippen molar-refractivity contribution in [2.75, 3.05) is 0 Å². The number of fused-ring (bicyclic) bond motifs is 1. The van der Waals surface area contributed by atoms with Crippen LogP contribution in [0, 0.1) is 23.2 Å². The summed E-state index contributed by atoms with van der Waals surface area (Å²) in [4.78, 5) is 42.6. The smallest absolute Gasteiger partial charge is 0.404 e. The third-order valence-electron chi connectivity index (χ3n) is 10.4. The molecule has 2 aromatic carbocycles. The van der Waals surface area contributed by atoms with Crippen molar-refractivity contribution in [3.63, 3.8) is 0 Å². The lowest BCUT2D eigenvalue weighted by molar-refractivity contribution is -0.185. The van der Waals surface area contributed by atoms with Crippen molar-refractivity contribution >= 4 is 35.7 Å². The van der Waals surface area contributed by atoms with E-state index in [0.29, 0.717) is 18.3 Å². The highest BCUT2D eigenvalue weighted by atomic mass is 16.7. The van der Waals surface area contributed by atoms with E-state index in [4.69, 9.17) is 14.5 Å². The van der Waals surface area contributed by atoms with Crippen molar-refractivity contribution < 1.29 is 28.9 Å². The van der Waals surface area contributed by atoms with Gasteiger partial charge in [-0.1, -0.05) is 45.9 Å². The van der Waals surface area contributed by atoms with E-state index in [-0.39, 0.29) is 46.5 Å². The molecule has 4 fully saturated rings. The third kappa shape index (κ3) is 5.89. The Morgan fingerprint density at radius 2 is 1.71 bits per heavy atom. The minimum Gasteiger partial charge on any atom is -0.404 e. The number of aromatic nitrogens is 1. The number of benzene rings is 2. The molecule has 5 N–H and O–H groups in total. The molecule has 1 saturated heterocycles. The number of aromatic amines is 1. The first kappa shape index (κ1) is 31.3. The lowest BCUT2D eigenvalue weighted by Gasteiger charge is -2.63. The first-order valence-electron chi connectivity index (χ1n) is 15.9. The molecule has 10 nitrogen and oxygen atoms in total. The lowest BCUT2D eigenvalue weighted by atomic mass is 9.45. The van der Waals surface area contributed by atoms with Gasteiger partial charge in [0.25, 0.3) is 11.8 Å². The summed E-state index contributed by atoms with van der Waals surface area (Å²) in [5.74, 6) is -0.580. The van der Waals surface area contributed by atoms with Gasteiger partial charge in [0, 0.05) is 34.6 Å². The van der Waals surface area contributed by atoms with Crippen LogP contribution in [-0.4, -0.2) is 58.7 Å². The minimum atomic E-state index is -0.905. The topological polar surface area (TPSA) is 142 Å². The molecule has 3 saturated carbocycles. The normalized spacial score (nSPS) is 26.1. The maximum Gasteiger partial charge on any atom is 0.481 e.